The Morgan fingerprint density at radius 1 is 1.08 bits per heavy atom. The van der Waals surface area contributed by atoms with Gasteiger partial charge in [-0.2, -0.15) is 0 Å². The van der Waals surface area contributed by atoms with Gasteiger partial charge in [0, 0.05) is 45.1 Å². The molecule has 1 aromatic heterocycles. The van der Waals surface area contributed by atoms with Gasteiger partial charge >= 0.3 is 6.03 Å². The number of para-hydroxylation sites is 1. The molecule has 3 heterocycles. The zero-order chi connectivity index (χ0) is 16.5. The number of fused-ring (bicyclic) bond motifs is 1. The van der Waals surface area contributed by atoms with E-state index in [-0.39, 0.29) is 18.0 Å². The Balaban J connectivity index is 1.46. The van der Waals surface area contributed by atoms with Gasteiger partial charge in [-0.3, -0.25) is 9.69 Å². The molecule has 0 aliphatic carbocycles. The minimum atomic E-state index is -0.380. The first-order chi connectivity index (χ1) is 11.7. The summed E-state index contributed by atoms with van der Waals surface area (Å²) in [5, 5.41) is 0. The summed E-state index contributed by atoms with van der Waals surface area (Å²) in [7, 11) is 0. The summed E-state index contributed by atoms with van der Waals surface area (Å²) in [4.78, 5) is 34.6. The molecule has 0 bridgehead atoms. The number of rotatable bonds is 4. The number of imide groups is 1. The van der Waals surface area contributed by atoms with Gasteiger partial charge in [-0.25, -0.2) is 14.7 Å². The quantitative estimate of drug-likeness (QED) is 0.788. The maximum Gasteiger partial charge on any atom is 0.332 e. The molecule has 2 saturated heterocycles. The number of aromatic nitrogens is 2. The SMILES string of the molecule is O=C1[C@@H]2CN(CCn3ccnc3)CCN2C(=O)N1c1ccccc1. The molecule has 4 rings (SSSR count). The minimum Gasteiger partial charge on any atom is -0.336 e. The van der Waals surface area contributed by atoms with Gasteiger partial charge in [0.25, 0.3) is 5.91 Å². The molecule has 7 nitrogen and oxygen atoms in total. The third-order valence-electron chi connectivity index (χ3n) is 4.65. The topological polar surface area (TPSA) is 61.7 Å². The lowest BCUT2D eigenvalue weighted by Crippen LogP contribution is -2.53. The van der Waals surface area contributed by atoms with Crippen LogP contribution in [0.3, 0.4) is 0 Å². The lowest BCUT2D eigenvalue weighted by atomic mass is 10.2. The van der Waals surface area contributed by atoms with E-state index >= 15 is 0 Å². The highest BCUT2D eigenvalue weighted by Crippen LogP contribution is 2.27. The number of hydrogen-bond donors (Lipinski definition) is 0. The van der Waals surface area contributed by atoms with E-state index in [0.29, 0.717) is 18.8 Å². The molecule has 124 valence electrons. The van der Waals surface area contributed by atoms with Crippen molar-refractivity contribution in [2.75, 3.05) is 31.1 Å². The van der Waals surface area contributed by atoms with Crippen LogP contribution in [0.25, 0.3) is 0 Å². The summed E-state index contributed by atoms with van der Waals surface area (Å²) in [6, 6.07) is 8.56. The van der Waals surface area contributed by atoms with Gasteiger partial charge in [0.05, 0.1) is 12.0 Å². The van der Waals surface area contributed by atoms with Crippen LogP contribution in [0.1, 0.15) is 0 Å². The third kappa shape index (κ3) is 2.56. The fourth-order valence-corrected chi connectivity index (χ4v) is 3.35. The Labute approximate surface area is 140 Å². The molecule has 2 aromatic rings. The summed E-state index contributed by atoms with van der Waals surface area (Å²) in [5.74, 6) is -0.126. The predicted octanol–water partition coefficient (Wildman–Crippen LogP) is 1.04. The van der Waals surface area contributed by atoms with E-state index in [2.05, 4.69) is 9.88 Å². The number of hydrogen-bond acceptors (Lipinski definition) is 4. The molecular formula is C17H19N5O2. The normalized spacial score (nSPS) is 21.4. The molecule has 24 heavy (non-hydrogen) atoms. The largest absolute Gasteiger partial charge is 0.336 e. The smallest absolute Gasteiger partial charge is 0.332 e. The van der Waals surface area contributed by atoms with Crippen LogP contribution < -0.4 is 4.90 Å². The van der Waals surface area contributed by atoms with Crippen molar-refractivity contribution in [3.05, 3.63) is 49.1 Å². The number of urea groups is 1. The van der Waals surface area contributed by atoms with Gasteiger partial charge < -0.3 is 9.47 Å². The van der Waals surface area contributed by atoms with E-state index < -0.39 is 0 Å². The highest BCUT2D eigenvalue weighted by molar-refractivity contribution is 6.21. The number of nitrogens with zero attached hydrogens (tertiary/aromatic N) is 5. The van der Waals surface area contributed by atoms with Crippen molar-refractivity contribution in [1.29, 1.82) is 0 Å². The summed E-state index contributed by atoms with van der Waals surface area (Å²) in [5.41, 5.74) is 0.645. The van der Waals surface area contributed by atoms with Crippen LogP contribution in [0.4, 0.5) is 10.5 Å². The second-order valence-electron chi connectivity index (χ2n) is 6.10. The van der Waals surface area contributed by atoms with E-state index in [1.165, 1.54) is 4.90 Å². The van der Waals surface area contributed by atoms with Crippen LogP contribution in [0, 0.1) is 0 Å². The highest BCUT2D eigenvalue weighted by Gasteiger charge is 2.48. The number of anilines is 1. The standard InChI is InChI=1S/C17H19N5O2/c23-16-15-12-19(8-9-20-7-6-18-13-20)10-11-21(15)17(24)22(16)14-4-2-1-3-5-14/h1-7,13,15H,8-12H2/t15-/m0/s1. The van der Waals surface area contributed by atoms with Gasteiger partial charge in [0.1, 0.15) is 6.04 Å². The van der Waals surface area contributed by atoms with Crippen LogP contribution in [0.2, 0.25) is 0 Å². The van der Waals surface area contributed by atoms with E-state index in [1.807, 2.05) is 29.0 Å². The average molecular weight is 325 g/mol. The number of carbonyl (C=O) groups excluding carboxylic acids is 2. The molecule has 2 aliphatic rings. The molecular weight excluding hydrogens is 306 g/mol. The highest BCUT2D eigenvalue weighted by atomic mass is 16.2. The number of imidazole rings is 1. The maximum atomic E-state index is 12.8. The summed E-state index contributed by atoms with van der Waals surface area (Å²) >= 11 is 0. The maximum absolute atomic E-state index is 12.8. The summed E-state index contributed by atoms with van der Waals surface area (Å²) < 4.78 is 2.02. The van der Waals surface area contributed by atoms with Crippen LogP contribution in [-0.4, -0.2) is 63.5 Å². The minimum absolute atomic E-state index is 0.126. The first-order valence-corrected chi connectivity index (χ1v) is 8.12. The average Bonchev–Trinajstić information content (AvgIpc) is 3.21. The Kier molecular flexibility index (Phi) is 3.78. The molecule has 0 N–H and O–H groups in total. The van der Waals surface area contributed by atoms with Crippen molar-refractivity contribution in [2.24, 2.45) is 0 Å². The van der Waals surface area contributed by atoms with Crippen LogP contribution >= 0.6 is 0 Å². The lowest BCUT2D eigenvalue weighted by Gasteiger charge is -2.35. The number of benzene rings is 1. The van der Waals surface area contributed by atoms with Crippen molar-refractivity contribution in [3.8, 4) is 0 Å². The molecule has 2 aliphatic heterocycles. The fraction of sp³-hybridized carbons (Fsp3) is 0.353. The number of carbonyl (C=O) groups is 2. The van der Waals surface area contributed by atoms with Gasteiger partial charge in [-0.05, 0) is 12.1 Å². The van der Waals surface area contributed by atoms with E-state index in [1.54, 1.807) is 29.6 Å². The molecule has 0 spiro atoms. The lowest BCUT2D eigenvalue weighted by molar-refractivity contribution is -0.121. The van der Waals surface area contributed by atoms with Crippen molar-refractivity contribution in [2.45, 2.75) is 12.6 Å². The van der Waals surface area contributed by atoms with Gasteiger partial charge in [0.2, 0.25) is 0 Å². The zero-order valence-electron chi connectivity index (χ0n) is 13.3. The van der Waals surface area contributed by atoms with E-state index in [9.17, 15) is 9.59 Å². The second kappa shape index (κ2) is 6.09. The predicted molar refractivity (Wildman–Crippen MR) is 88.5 cm³/mol. The molecule has 1 atom stereocenters. The van der Waals surface area contributed by atoms with Crippen LogP contribution in [0.5, 0.6) is 0 Å². The second-order valence-corrected chi connectivity index (χ2v) is 6.10. The molecule has 0 unspecified atom stereocenters. The molecule has 2 fully saturated rings. The molecule has 0 radical (unpaired) electrons. The van der Waals surface area contributed by atoms with E-state index in [4.69, 9.17) is 0 Å². The molecule has 3 amide bonds. The molecule has 7 heteroatoms. The summed E-state index contributed by atoms with van der Waals surface area (Å²) in [6.07, 6.45) is 5.48. The fourth-order valence-electron chi connectivity index (χ4n) is 3.35. The Hall–Kier alpha value is -2.67. The monoisotopic (exact) mass is 325 g/mol. The van der Waals surface area contributed by atoms with Crippen molar-refractivity contribution in [1.82, 2.24) is 19.4 Å². The Bertz CT molecular complexity index is 731. The van der Waals surface area contributed by atoms with Gasteiger partial charge in [0.15, 0.2) is 0 Å². The Morgan fingerprint density at radius 3 is 2.67 bits per heavy atom. The molecule has 0 saturated carbocycles. The third-order valence-corrected chi connectivity index (χ3v) is 4.65. The van der Waals surface area contributed by atoms with Gasteiger partial charge in [-0.15, -0.1) is 0 Å². The number of piperazine rings is 1. The van der Waals surface area contributed by atoms with E-state index in [0.717, 1.165) is 19.6 Å². The van der Waals surface area contributed by atoms with Crippen molar-refractivity contribution < 1.29 is 9.59 Å². The summed E-state index contributed by atoms with van der Waals surface area (Å²) in [6.45, 7) is 3.63. The zero-order valence-corrected chi connectivity index (χ0v) is 13.3. The van der Waals surface area contributed by atoms with Crippen molar-refractivity contribution >= 4 is 17.6 Å². The first kappa shape index (κ1) is 14.9. The van der Waals surface area contributed by atoms with Gasteiger partial charge in [-0.1, -0.05) is 18.2 Å². The number of amides is 3. The first-order valence-electron chi connectivity index (χ1n) is 8.12. The molecule has 1 aromatic carbocycles. The van der Waals surface area contributed by atoms with Crippen LogP contribution in [-0.2, 0) is 11.3 Å². The van der Waals surface area contributed by atoms with Crippen molar-refractivity contribution in [3.63, 3.8) is 0 Å². The van der Waals surface area contributed by atoms with Crippen LogP contribution in [0.15, 0.2) is 49.1 Å². The Morgan fingerprint density at radius 2 is 1.92 bits per heavy atom.